The highest BCUT2D eigenvalue weighted by Gasteiger charge is 2.23. The van der Waals surface area contributed by atoms with Crippen LogP contribution in [0.15, 0.2) is 71.9 Å². The number of fused-ring (bicyclic) bond motifs is 1. The monoisotopic (exact) mass is 472 g/mol. The first-order valence-corrected chi connectivity index (χ1v) is 12.6. The van der Waals surface area contributed by atoms with Crippen molar-refractivity contribution in [3.63, 3.8) is 0 Å². The zero-order valence-electron chi connectivity index (χ0n) is 19.5. The van der Waals surface area contributed by atoms with Crippen LogP contribution in [0.1, 0.15) is 25.5 Å². The van der Waals surface area contributed by atoms with Crippen LogP contribution in [0.4, 0.5) is 5.69 Å². The van der Waals surface area contributed by atoms with Crippen molar-refractivity contribution in [2.45, 2.75) is 24.8 Å². The minimum absolute atomic E-state index is 0.131. The van der Waals surface area contributed by atoms with E-state index in [4.69, 9.17) is 0 Å². The summed E-state index contributed by atoms with van der Waals surface area (Å²) in [4.78, 5) is 17.3. The summed E-state index contributed by atoms with van der Waals surface area (Å²) in [6.07, 6.45) is 1.86. The second-order valence-corrected chi connectivity index (χ2v) is 9.66. The Balaban J connectivity index is 1.33. The van der Waals surface area contributed by atoms with Crippen molar-refractivity contribution >= 4 is 34.3 Å². The maximum absolute atomic E-state index is 13.0. The second-order valence-electron chi connectivity index (χ2n) is 8.69. The third-order valence-corrected chi connectivity index (χ3v) is 7.07. The molecule has 1 fully saturated rings. The number of para-hydroxylation sites is 2. The lowest BCUT2D eigenvalue weighted by Gasteiger charge is -2.36. The van der Waals surface area contributed by atoms with Crippen LogP contribution in [-0.4, -0.2) is 62.7 Å². The van der Waals surface area contributed by atoms with Crippen LogP contribution >= 0.6 is 11.8 Å². The summed E-state index contributed by atoms with van der Waals surface area (Å²) in [5, 5.41) is 15.4. The van der Waals surface area contributed by atoms with Crippen LogP contribution in [0, 0.1) is 0 Å². The third-order valence-electron chi connectivity index (χ3n) is 6.13. The molecule has 0 N–H and O–H groups in total. The number of anilines is 1. The van der Waals surface area contributed by atoms with Gasteiger partial charge < -0.3 is 9.80 Å². The molecule has 2 aromatic carbocycles. The summed E-state index contributed by atoms with van der Waals surface area (Å²) in [5.74, 6) is 0.687. The van der Waals surface area contributed by atoms with Crippen LogP contribution < -0.4 is 4.90 Å². The van der Waals surface area contributed by atoms with E-state index in [0.717, 1.165) is 53.5 Å². The lowest BCUT2D eigenvalue weighted by Crippen LogP contribution is -2.49. The van der Waals surface area contributed by atoms with Crippen molar-refractivity contribution in [2.75, 3.05) is 36.8 Å². The number of carbonyl (C=O) groups excluding carboxylic acids is 1. The number of carbonyl (C=O) groups is 1. The van der Waals surface area contributed by atoms with Crippen LogP contribution in [0.3, 0.4) is 0 Å². The summed E-state index contributed by atoms with van der Waals surface area (Å²) in [7, 11) is 0. The summed E-state index contributed by atoms with van der Waals surface area (Å²) >= 11 is 1.44. The molecule has 1 saturated heterocycles. The summed E-state index contributed by atoms with van der Waals surface area (Å²) in [5.41, 5.74) is 4.01. The highest BCUT2D eigenvalue weighted by atomic mass is 32.2. The largest absolute Gasteiger partial charge is 0.368 e. The standard InChI is InChI=1S/C26H28N6OS/c1-19(2)24-22-17-27-32(21-11-7-4-8-12-21)25(22)26(29-28-24)34-18-23(33)31-15-13-30(14-16-31)20-9-5-3-6-10-20/h3-12,17,19H,13-16,18H2,1-2H3. The fourth-order valence-electron chi connectivity index (χ4n) is 4.31. The predicted octanol–water partition coefficient (Wildman–Crippen LogP) is 4.38. The minimum Gasteiger partial charge on any atom is -0.368 e. The van der Waals surface area contributed by atoms with E-state index in [1.807, 2.05) is 52.2 Å². The Hall–Kier alpha value is -3.39. The average Bonchev–Trinajstić information content (AvgIpc) is 3.33. The molecule has 7 nitrogen and oxygen atoms in total. The molecule has 0 saturated carbocycles. The maximum atomic E-state index is 13.0. The molecule has 0 unspecified atom stereocenters. The van der Waals surface area contributed by atoms with Crippen molar-refractivity contribution in [1.82, 2.24) is 24.9 Å². The smallest absolute Gasteiger partial charge is 0.233 e. The number of aromatic nitrogens is 4. The fourth-order valence-corrected chi connectivity index (χ4v) is 5.18. The van der Waals surface area contributed by atoms with Crippen molar-refractivity contribution in [1.29, 1.82) is 0 Å². The van der Waals surface area contributed by atoms with Crippen molar-refractivity contribution in [3.8, 4) is 5.69 Å². The van der Waals surface area contributed by atoms with Gasteiger partial charge in [-0.1, -0.05) is 62.0 Å². The van der Waals surface area contributed by atoms with Gasteiger partial charge in [-0.3, -0.25) is 4.79 Å². The zero-order chi connectivity index (χ0) is 23.5. The van der Waals surface area contributed by atoms with E-state index in [9.17, 15) is 4.79 Å². The fraction of sp³-hybridized carbons (Fsp3) is 0.308. The number of benzene rings is 2. The van der Waals surface area contributed by atoms with Gasteiger partial charge in [0, 0.05) is 37.3 Å². The molecule has 34 heavy (non-hydrogen) atoms. The van der Waals surface area contributed by atoms with Crippen LogP contribution in [-0.2, 0) is 4.79 Å². The average molecular weight is 473 g/mol. The minimum atomic E-state index is 0.131. The molecule has 0 spiro atoms. The van der Waals surface area contributed by atoms with Gasteiger partial charge in [-0.25, -0.2) is 4.68 Å². The van der Waals surface area contributed by atoms with E-state index in [-0.39, 0.29) is 11.8 Å². The molecule has 0 bridgehead atoms. The SMILES string of the molecule is CC(C)c1nnc(SCC(=O)N2CCN(c3ccccc3)CC2)c2c1cnn2-c1ccccc1. The normalized spacial score (nSPS) is 14.2. The summed E-state index contributed by atoms with van der Waals surface area (Å²) < 4.78 is 1.90. The molecule has 0 aliphatic carbocycles. The molecule has 5 rings (SSSR count). The molecule has 3 heterocycles. The van der Waals surface area contributed by atoms with Gasteiger partial charge in [-0.15, -0.1) is 5.10 Å². The Bertz CT molecular complexity index is 1270. The number of rotatable bonds is 6. The lowest BCUT2D eigenvalue weighted by atomic mass is 10.1. The van der Waals surface area contributed by atoms with Gasteiger partial charge in [0.25, 0.3) is 0 Å². The van der Waals surface area contributed by atoms with E-state index < -0.39 is 0 Å². The quantitative estimate of drug-likeness (QED) is 0.388. The molecular formula is C26H28N6OS. The third kappa shape index (κ3) is 4.50. The molecule has 8 heteroatoms. The molecule has 1 amide bonds. The first-order chi connectivity index (χ1) is 16.6. The Labute approximate surface area is 203 Å². The first-order valence-electron chi connectivity index (χ1n) is 11.6. The van der Waals surface area contributed by atoms with E-state index >= 15 is 0 Å². The summed E-state index contributed by atoms with van der Waals surface area (Å²) in [6, 6.07) is 20.4. The number of nitrogens with zero attached hydrogens (tertiary/aromatic N) is 6. The van der Waals surface area contributed by atoms with Crippen LogP contribution in [0.5, 0.6) is 0 Å². The van der Waals surface area contributed by atoms with Gasteiger partial charge in [0.05, 0.1) is 23.3 Å². The van der Waals surface area contributed by atoms with E-state index in [1.54, 1.807) is 0 Å². The number of hydrogen-bond acceptors (Lipinski definition) is 6. The van der Waals surface area contributed by atoms with Crippen molar-refractivity contribution in [3.05, 3.63) is 72.6 Å². The van der Waals surface area contributed by atoms with E-state index in [2.05, 4.69) is 58.3 Å². The molecule has 174 valence electrons. The Morgan fingerprint density at radius 2 is 1.56 bits per heavy atom. The molecule has 1 aliphatic rings. The van der Waals surface area contributed by atoms with Crippen LogP contribution in [0.25, 0.3) is 16.6 Å². The first kappa shape index (κ1) is 22.4. The van der Waals surface area contributed by atoms with Gasteiger partial charge in [0.15, 0.2) is 0 Å². The van der Waals surface area contributed by atoms with Gasteiger partial charge >= 0.3 is 0 Å². The van der Waals surface area contributed by atoms with E-state index in [1.165, 1.54) is 17.4 Å². The van der Waals surface area contributed by atoms with E-state index in [0.29, 0.717) is 5.75 Å². The highest BCUT2D eigenvalue weighted by Crippen LogP contribution is 2.31. The van der Waals surface area contributed by atoms with Crippen LogP contribution in [0.2, 0.25) is 0 Å². The zero-order valence-corrected chi connectivity index (χ0v) is 20.3. The predicted molar refractivity (Wildman–Crippen MR) is 137 cm³/mol. The molecule has 0 radical (unpaired) electrons. The number of piperazine rings is 1. The van der Waals surface area contributed by atoms with Gasteiger partial charge in [0.1, 0.15) is 10.5 Å². The van der Waals surface area contributed by atoms with Crippen molar-refractivity contribution < 1.29 is 4.79 Å². The Kier molecular flexibility index (Phi) is 6.49. The lowest BCUT2D eigenvalue weighted by molar-refractivity contribution is -0.128. The maximum Gasteiger partial charge on any atom is 0.233 e. The van der Waals surface area contributed by atoms with Crippen molar-refractivity contribution in [2.24, 2.45) is 0 Å². The number of hydrogen-bond donors (Lipinski definition) is 0. The van der Waals surface area contributed by atoms with Gasteiger partial charge in [-0.2, -0.15) is 10.2 Å². The number of amides is 1. The molecule has 1 aliphatic heterocycles. The topological polar surface area (TPSA) is 67.2 Å². The number of thioether (sulfide) groups is 1. The van der Waals surface area contributed by atoms with Gasteiger partial charge in [-0.05, 0) is 30.2 Å². The highest BCUT2D eigenvalue weighted by molar-refractivity contribution is 8.00. The molecule has 2 aromatic heterocycles. The molecule has 4 aromatic rings. The molecule has 0 atom stereocenters. The van der Waals surface area contributed by atoms with Gasteiger partial charge in [0.2, 0.25) is 5.91 Å². The summed E-state index contributed by atoms with van der Waals surface area (Å²) in [6.45, 7) is 7.35. The molecular weight excluding hydrogens is 444 g/mol. The second kappa shape index (κ2) is 9.85. The Morgan fingerprint density at radius 3 is 2.21 bits per heavy atom. The Morgan fingerprint density at radius 1 is 0.912 bits per heavy atom.